The fourth-order valence-electron chi connectivity index (χ4n) is 1.72. The molecular formula is C12H9NO4S. The first-order chi connectivity index (χ1) is 8.74. The molecule has 0 bridgehead atoms. The number of benzene rings is 1. The number of carbonyl (C=O) groups excluding carboxylic acids is 1. The zero-order valence-corrected chi connectivity index (χ0v) is 10.1. The number of rotatable bonds is 3. The van der Waals surface area contributed by atoms with E-state index in [-0.39, 0.29) is 24.0 Å². The molecule has 3 rings (SSSR count). The second kappa shape index (κ2) is 4.30. The number of ether oxygens (including phenoxy) is 2. The Morgan fingerprint density at radius 3 is 2.94 bits per heavy atom. The Bertz CT molecular complexity index is 658. The third kappa shape index (κ3) is 1.91. The van der Waals surface area contributed by atoms with Gasteiger partial charge in [-0.2, -0.15) is 0 Å². The first-order valence-electron chi connectivity index (χ1n) is 5.31. The minimum atomic E-state index is -0.135. The molecule has 5 nitrogen and oxygen atoms in total. The summed E-state index contributed by atoms with van der Waals surface area (Å²) in [5, 5.41) is 1.66. The van der Waals surface area contributed by atoms with Gasteiger partial charge in [0, 0.05) is 17.1 Å². The summed E-state index contributed by atoms with van der Waals surface area (Å²) in [6.07, 6.45) is 1.61. The maximum atomic E-state index is 12.0. The van der Waals surface area contributed by atoms with Crippen molar-refractivity contribution in [2.45, 2.75) is 6.54 Å². The number of thiazole rings is 1. The van der Waals surface area contributed by atoms with Crippen LogP contribution < -0.4 is 14.3 Å². The molecule has 1 aliphatic heterocycles. The Labute approximate surface area is 106 Å². The summed E-state index contributed by atoms with van der Waals surface area (Å²) in [5.41, 5.74) is 0.511. The number of carbonyl (C=O) groups is 1. The van der Waals surface area contributed by atoms with Gasteiger partial charge in [0.05, 0.1) is 6.54 Å². The third-order valence-electron chi connectivity index (χ3n) is 2.65. The van der Waals surface area contributed by atoms with Crippen LogP contribution in [0, 0.1) is 0 Å². The van der Waals surface area contributed by atoms with Crippen molar-refractivity contribution >= 4 is 17.1 Å². The Balaban J connectivity index is 1.85. The van der Waals surface area contributed by atoms with Gasteiger partial charge in [-0.15, -0.1) is 0 Å². The van der Waals surface area contributed by atoms with E-state index in [2.05, 4.69) is 0 Å². The van der Waals surface area contributed by atoms with E-state index in [1.807, 2.05) is 0 Å². The molecule has 1 aliphatic rings. The number of ketones is 1. The number of nitrogens with zero attached hydrogens (tertiary/aromatic N) is 1. The van der Waals surface area contributed by atoms with Gasteiger partial charge in [0.2, 0.25) is 6.79 Å². The molecule has 0 fully saturated rings. The van der Waals surface area contributed by atoms with Crippen LogP contribution in [0.1, 0.15) is 10.4 Å². The van der Waals surface area contributed by atoms with Crippen LogP contribution in [-0.2, 0) is 6.54 Å². The molecule has 0 atom stereocenters. The molecule has 0 radical (unpaired) electrons. The van der Waals surface area contributed by atoms with Crippen LogP contribution in [0.15, 0.2) is 34.6 Å². The van der Waals surface area contributed by atoms with Crippen molar-refractivity contribution in [1.82, 2.24) is 4.57 Å². The van der Waals surface area contributed by atoms with E-state index in [1.54, 1.807) is 29.8 Å². The summed E-state index contributed by atoms with van der Waals surface area (Å²) >= 11 is 1.07. The average Bonchev–Trinajstić information content (AvgIpc) is 2.98. The van der Waals surface area contributed by atoms with Gasteiger partial charge in [0.15, 0.2) is 17.3 Å². The van der Waals surface area contributed by atoms with Gasteiger partial charge in [-0.25, -0.2) is 0 Å². The van der Waals surface area contributed by atoms with Gasteiger partial charge >= 0.3 is 4.87 Å². The van der Waals surface area contributed by atoms with Crippen molar-refractivity contribution in [3.05, 3.63) is 45.0 Å². The smallest absolute Gasteiger partial charge is 0.307 e. The van der Waals surface area contributed by atoms with Gasteiger partial charge < -0.3 is 9.47 Å². The summed E-state index contributed by atoms with van der Waals surface area (Å²) in [7, 11) is 0. The van der Waals surface area contributed by atoms with Gasteiger partial charge in [-0.1, -0.05) is 11.3 Å². The number of hydrogen-bond acceptors (Lipinski definition) is 5. The van der Waals surface area contributed by atoms with E-state index in [0.29, 0.717) is 17.1 Å². The fraction of sp³-hybridized carbons (Fsp3) is 0.167. The summed E-state index contributed by atoms with van der Waals surface area (Å²) in [5.74, 6) is 1.08. The van der Waals surface area contributed by atoms with Crippen LogP contribution in [0.2, 0.25) is 0 Å². The van der Waals surface area contributed by atoms with Crippen LogP contribution in [0.25, 0.3) is 0 Å². The highest BCUT2D eigenvalue weighted by atomic mass is 32.1. The van der Waals surface area contributed by atoms with Gasteiger partial charge in [-0.05, 0) is 18.2 Å². The zero-order valence-electron chi connectivity index (χ0n) is 9.29. The maximum Gasteiger partial charge on any atom is 0.307 e. The number of aromatic nitrogens is 1. The van der Waals surface area contributed by atoms with Crippen molar-refractivity contribution in [2.75, 3.05) is 6.79 Å². The standard InChI is InChI=1S/C12H9NO4S/c14-9(6-13-3-4-18-12(13)15)8-1-2-10-11(5-8)17-7-16-10/h1-5H,6-7H2. The first-order valence-corrected chi connectivity index (χ1v) is 6.19. The quantitative estimate of drug-likeness (QED) is 0.788. The van der Waals surface area contributed by atoms with Crippen molar-refractivity contribution in [1.29, 1.82) is 0 Å². The van der Waals surface area contributed by atoms with Crippen molar-refractivity contribution in [3.8, 4) is 11.5 Å². The Hall–Kier alpha value is -2.08. The molecule has 0 aliphatic carbocycles. The lowest BCUT2D eigenvalue weighted by molar-refractivity contribution is 0.0971. The lowest BCUT2D eigenvalue weighted by Crippen LogP contribution is -2.18. The van der Waals surface area contributed by atoms with E-state index in [9.17, 15) is 9.59 Å². The van der Waals surface area contributed by atoms with E-state index in [1.165, 1.54) is 4.57 Å². The number of fused-ring (bicyclic) bond motifs is 1. The molecule has 2 aromatic rings. The normalized spacial score (nSPS) is 12.7. The predicted octanol–water partition coefficient (Wildman–Crippen LogP) is 1.52. The average molecular weight is 263 g/mol. The Morgan fingerprint density at radius 2 is 2.17 bits per heavy atom. The van der Waals surface area contributed by atoms with Crippen LogP contribution >= 0.6 is 11.3 Å². The molecule has 0 amide bonds. The van der Waals surface area contributed by atoms with E-state index >= 15 is 0 Å². The SMILES string of the molecule is O=C(Cn1ccsc1=O)c1ccc2c(c1)OCO2. The first kappa shape index (κ1) is 11.0. The molecule has 1 aromatic carbocycles. The van der Waals surface area contributed by atoms with E-state index < -0.39 is 0 Å². The molecule has 6 heteroatoms. The largest absolute Gasteiger partial charge is 0.454 e. The molecular weight excluding hydrogens is 254 g/mol. The summed E-state index contributed by atoms with van der Waals surface area (Å²) < 4.78 is 11.8. The molecule has 0 saturated carbocycles. The van der Waals surface area contributed by atoms with Gasteiger partial charge in [-0.3, -0.25) is 14.2 Å². The highest BCUT2D eigenvalue weighted by Gasteiger charge is 2.16. The summed E-state index contributed by atoms with van der Waals surface area (Å²) in [4.78, 5) is 23.2. The van der Waals surface area contributed by atoms with Crippen molar-refractivity contribution in [2.24, 2.45) is 0 Å². The van der Waals surface area contributed by atoms with Crippen molar-refractivity contribution in [3.63, 3.8) is 0 Å². The second-order valence-electron chi connectivity index (χ2n) is 3.79. The Kier molecular flexibility index (Phi) is 2.64. The monoisotopic (exact) mass is 263 g/mol. The molecule has 92 valence electrons. The van der Waals surface area contributed by atoms with Crippen molar-refractivity contribution < 1.29 is 14.3 Å². The summed E-state index contributed by atoms with van der Waals surface area (Å²) in [6.45, 7) is 0.221. The molecule has 0 saturated heterocycles. The van der Waals surface area contributed by atoms with Crippen LogP contribution in [0.3, 0.4) is 0 Å². The summed E-state index contributed by atoms with van der Waals surface area (Å²) in [6, 6.07) is 5.02. The van der Waals surface area contributed by atoms with Crippen LogP contribution in [-0.4, -0.2) is 17.1 Å². The molecule has 0 spiro atoms. The molecule has 18 heavy (non-hydrogen) atoms. The molecule has 2 heterocycles. The highest BCUT2D eigenvalue weighted by Crippen LogP contribution is 2.32. The van der Waals surface area contributed by atoms with Crippen LogP contribution in [0.5, 0.6) is 11.5 Å². The minimum Gasteiger partial charge on any atom is -0.454 e. The maximum absolute atomic E-state index is 12.0. The minimum absolute atomic E-state index is 0.0436. The molecule has 1 aromatic heterocycles. The van der Waals surface area contributed by atoms with E-state index in [4.69, 9.17) is 9.47 Å². The predicted molar refractivity (Wildman–Crippen MR) is 65.5 cm³/mol. The topological polar surface area (TPSA) is 57.5 Å². The molecule has 0 N–H and O–H groups in total. The Morgan fingerprint density at radius 1 is 1.33 bits per heavy atom. The lowest BCUT2D eigenvalue weighted by Gasteiger charge is -2.02. The third-order valence-corrected chi connectivity index (χ3v) is 3.35. The second-order valence-corrected chi connectivity index (χ2v) is 4.65. The lowest BCUT2D eigenvalue weighted by atomic mass is 10.1. The van der Waals surface area contributed by atoms with E-state index in [0.717, 1.165) is 11.3 Å². The highest BCUT2D eigenvalue weighted by molar-refractivity contribution is 7.07. The van der Waals surface area contributed by atoms with Gasteiger partial charge in [0.1, 0.15) is 0 Å². The number of hydrogen-bond donors (Lipinski definition) is 0. The zero-order chi connectivity index (χ0) is 12.5. The van der Waals surface area contributed by atoms with Crippen LogP contribution in [0.4, 0.5) is 0 Å². The number of Topliss-reactive ketones (excluding diaryl/α,β-unsaturated/α-hetero) is 1. The fourth-order valence-corrected chi connectivity index (χ4v) is 2.31. The van der Waals surface area contributed by atoms with Gasteiger partial charge in [0.25, 0.3) is 0 Å². The molecule has 0 unspecified atom stereocenters.